The Morgan fingerprint density at radius 1 is 1.14 bits per heavy atom. The summed E-state index contributed by atoms with van der Waals surface area (Å²) in [5.41, 5.74) is 7.57. The van der Waals surface area contributed by atoms with Crippen molar-refractivity contribution >= 4 is 11.6 Å². The first-order chi connectivity index (χ1) is 10.2. The van der Waals surface area contributed by atoms with E-state index < -0.39 is 0 Å². The first-order valence-corrected chi connectivity index (χ1v) is 7.77. The highest BCUT2D eigenvalue weighted by Gasteiger charge is 2.14. The molecule has 1 amide bonds. The Morgan fingerprint density at radius 3 is 2.43 bits per heavy atom. The molecule has 1 fully saturated rings. The second-order valence-corrected chi connectivity index (χ2v) is 5.57. The number of nitrogens with zero attached hydrogens (tertiary/aromatic N) is 2. The number of hydrogen-bond donors (Lipinski definition) is 2. The number of piperazine rings is 1. The molecule has 0 unspecified atom stereocenters. The van der Waals surface area contributed by atoms with Crippen LogP contribution >= 0.6 is 0 Å². The summed E-state index contributed by atoms with van der Waals surface area (Å²) in [6, 6.07) is 7.85. The Hall–Kier alpha value is -1.59. The summed E-state index contributed by atoms with van der Waals surface area (Å²) in [5.74, 6) is -0.0731. The number of unbranched alkanes of at least 4 members (excludes halogenated alkanes) is 1. The zero-order valence-electron chi connectivity index (χ0n) is 13.1. The number of amides is 1. The van der Waals surface area contributed by atoms with Gasteiger partial charge in [0.15, 0.2) is 0 Å². The van der Waals surface area contributed by atoms with Crippen LogP contribution in [-0.4, -0.2) is 50.6 Å². The van der Waals surface area contributed by atoms with Gasteiger partial charge in [-0.15, -0.1) is 0 Å². The second kappa shape index (κ2) is 8.00. The van der Waals surface area contributed by atoms with Gasteiger partial charge in [0.2, 0.25) is 0 Å². The van der Waals surface area contributed by atoms with Gasteiger partial charge in [-0.1, -0.05) is 13.3 Å². The lowest BCUT2D eigenvalue weighted by Crippen LogP contribution is -2.44. The summed E-state index contributed by atoms with van der Waals surface area (Å²) >= 11 is 0. The summed E-state index contributed by atoms with van der Waals surface area (Å²) in [5, 5.41) is 0. The minimum Gasteiger partial charge on any atom is -0.369 e. The fourth-order valence-corrected chi connectivity index (χ4v) is 2.37. The lowest BCUT2D eigenvalue weighted by atomic mass is 10.1. The van der Waals surface area contributed by atoms with E-state index in [1.54, 1.807) is 0 Å². The predicted molar refractivity (Wildman–Crippen MR) is 86.5 cm³/mol. The van der Waals surface area contributed by atoms with Crippen LogP contribution in [0.1, 0.15) is 30.1 Å². The molecule has 21 heavy (non-hydrogen) atoms. The molecule has 1 aromatic carbocycles. The van der Waals surface area contributed by atoms with Crippen LogP contribution < -0.4 is 15.8 Å². The third-order valence-corrected chi connectivity index (χ3v) is 3.86. The van der Waals surface area contributed by atoms with Gasteiger partial charge in [0.05, 0.1) is 0 Å². The van der Waals surface area contributed by atoms with Crippen molar-refractivity contribution in [2.45, 2.75) is 19.8 Å². The molecule has 0 spiro atoms. The minimum atomic E-state index is -0.0731. The fourth-order valence-electron chi connectivity index (χ4n) is 2.37. The Labute approximate surface area is 127 Å². The zero-order valence-corrected chi connectivity index (χ0v) is 13.1. The summed E-state index contributed by atoms with van der Waals surface area (Å²) in [7, 11) is 2.15. The first kappa shape index (κ1) is 15.8. The van der Waals surface area contributed by atoms with E-state index in [1.165, 1.54) is 5.69 Å². The number of benzene rings is 1. The van der Waals surface area contributed by atoms with Crippen LogP contribution in [0, 0.1) is 0 Å². The van der Waals surface area contributed by atoms with Crippen LogP contribution in [0.2, 0.25) is 0 Å². The summed E-state index contributed by atoms with van der Waals surface area (Å²) in [6.45, 7) is 7.19. The van der Waals surface area contributed by atoms with Crippen LogP contribution in [0.3, 0.4) is 0 Å². The Balaban J connectivity index is 1.85. The van der Waals surface area contributed by atoms with Gasteiger partial charge in [-0.25, -0.2) is 5.43 Å². The predicted octanol–water partition coefficient (Wildman–Crippen LogP) is 1.47. The molecule has 0 aliphatic carbocycles. The quantitative estimate of drug-likeness (QED) is 0.615. The smallest absolute Gasteiger partial charge is 0.265 e. The molecule has 1 aliphatic heterocycles. The van der Waals surface area contributed by atoms with E-state index in [9.17, 15) is 4.79 Å². The average molecular weight is 290 g/mol. The van der Waals surface area contributed by atoms with E-state index in [0.29, 0.717) is 5.56 Å². The molecule has 0 aromatic heterocycles. The molecule has 0 atom stereocenters. The molecule has 2 N–H and O–H groups in total. The van der Waals surface area contributed by atoms with Crippen molar-refractivity contribution in [1.82, 2.24) is 15.8 Å². The van der Waals surface area contributed by atoms with E-state index >= 15 is 0 Å². The number of carbonyl (C=O) groups is 1. The molecule has 1 heterocycles. The molecule has 1 aromatic rings. The molecule has 0 bridgehead atoms. The maximum atomic E-state index is 11.9. The molecule has 5 nitrogen and oxygen atoms in total. The van der Waals surface area contributed by atoms with Gasteiger partial charge in [-0.2, -0.15) is 0 Å². The Morgan fingerprint density at radius 2 is 1.81 bits per heavy atom. The molecule has 116 valence electrons. The van der Waals surface area contributed by atoms with Crippen molar-refractivity contribution in [2.24, 2.45) is 0 Å². The van der Waals surface area contributed by atoms with Crippen molar-refractivity contribution in [1.29, 1.82) is 0 Å². The number of rotatable bonds is 6. The largest absolute Gasteiger partial charge is 0.369 e. The summed E-state index contributed by atoms with van der Waals surface area (Å²) in [4.78, 5) is 16.6. The van der Waals surface area contributed by atoms with E-state index in [2.05, 4.69) is 34.6 Å². The highest BCUT2D eigenvalue weighted by molar-refractivity contribution is 5.94. The molecule has 2 rings (SSSR count). The number of nitrogens with one attached hydrogen (secondary N) is 2. The highest BCUT2D eigenvalue weighted by Crippen LogP contribution is 2.16. The summed E-state index contributed by atoms with van der Waals surface area (Å²) in [6.07, 6.45) is 2.17. The van der Waals surface area contributed by atoms with E-state index in [0.717, 1.165) is 45.6 Å². The van der Waals surface area contributed by atoms with Crippen LogP contribution in [0.15, 0.2) is 24.3 Å². The van der Waals surface area contributed by atoms with E-state index in [-0.39, 0.29) is 5.91 Å². The van der Waals surface area contributed by atoms with Crippen molar-refractivity contribution < 1.29 is 4.79 Å². The van der Waals surface area contributed by atoms with E-state index in [1.807, 2.05) is 24.3 Å². The van der Waals surface area contributed by atoms with Gasteiger partial charge < -0.3 is 9.80 Å². The summed E-state index contributed by atoms with van der Waals surface area (Å²) < 4.78 is 0. The normalized spacial score (nSPS) is 16.0. The molecule has 0 saturated carbocycles. The first-order valence-electron chi connectivity index (χ1n) is 7.77. The van der Waals surface area contributed by atoms with Gasteiger partial charge in [0.1, 0.15) is 0 Å². The van der Waals surface area contributed by atoms with E-state index in [4.69, 9.17) is 0 Å². The highest BCUT2D eigenvalue weighted by atomic mass is 16.2. The second-order valence-electron chi connectivity index (χ2n) is 5.57. The maximum absolute atomic E-state index is 11.9. The minimum absolute atomic E-state index is 0.0731. The van der Waals surface area contributed by atoms with Gasteiger partial charge in [-0.3, -0.25) is 10.2 Å². The van der Waals surface area contributed by atoms with Crippen molar-refractivity contribution in [2.75, 3.05) is 44.7 Å². The molecule has 0 radical (unpaired) electrons. The van der Waals surface area contributed by atoms with Crippen LogP contribution in [0.4, 0.5) is 5.69 Å². The number of carbonyl (C=O) groups excluding carboxylic acids is 1. The third kappa shape index (κ3) is 4.72. The molecular weight excluding hydrogens is 264 g/mol. The topological polar surface area (TPSA) is 47.6 Å². The standard InChI is InChI=1S/C16H26N4O/c1-3-4-9-17-18-16(21)14-5-7-15(8-6-14)20-12-10-19(2)11-13-20/h5-8,17H,3-4,9-13H2,1-2H3,(H,18,21). The van der Waals surface area contributed by atoms with Gasteiger partial charge in [0, 0.05) is 44.0 Å². The molecule has 5 heteroatoms. The van der Waals surface area contributed by atoms with Crippen LogP contribution in [0.25, 0.3) is 0 Å². The Bertz CT molecular complexity index is 438. The average Bonchev–Trinajstić information content (AvgIpc) is 2.52. The lowest BCUT2D eigenvalue weighted by Gasteiger charge is -2.34. The number of hydrogen-bond acceptors (Lipinski definition) is 4. The third-order valence-electron chi connectivity index (χ3n) is 3.86. The van der Waals surface area contributed by atoms with Crippen molar-refractivity contribution in [3.63, 3.8) is 0 Å². The van der Waals surface area contributed by atoms with Gasteiger partial charge in [-0.05, 0) is 37.7 Å². The Kier molecular flexibility index (Phi) is 6.02. The number of anilines is 1. The molecule has 1 aliphatic rings. The zero-order chi connectivity index (χ0) is 15.1. The monoisotopic (exact) mass is 290 g/mol. The molecule has 1 saturated heterocycles. The SMILES string of the molecule is CCCCNNC(=O)c1ccc(N2CCN(C)CC2)cc1. The molecular formula is C16H26N4O. The van der Waals surface area contributed by atoms with Gasteiger partial charge >= 0.3 is 0 Å². The number of likely N-dealkylation sites (N-methyl/N-ethyl adjacent to an activating group) is 1. The fraction of sp³-hybridized carbons (Fsp3) is 0.562. The van der Waals surface area contributed by atoms with Crippen LogP contribution in [-0.2, 0) is 0 Å². The van der Waals surface area contributed by atoms with Crippen molar-refractivity contribution in [3.05, 3.63) is 29.8 Å². The lowest BCUT2D eigenvalue weighted by molar-refractivity contribution is 0.0933. The maximum Gasteiger partial charge on any atom is 0.265 e. The van der Waals surface area contributed by atoms with Crippen LogP contribution in [0.5, 0.6) is 0 Å². The van der Waals surface area contributed by atoms with Crippen molar-refractivity contribution in [3.8, 4) is 0 Å². The number of hydrazine groups is 1. The van der Waals surface area contributed by atoms with Gasteiger partial charge in [0.25, 0.3) is 5.91 Å².